The third kappa shape index (κ3) is 2.50. The molecule has 0 N–H and O–H groups in total. The van der Waals surface area contributed by atoms with Gasteiger partial charge in [0.25, 0.3) is 0 Å². The minimum Gasteiger partial charge on any atom is -0.298 e. The van der Waals surface area contributed by atoms with Crippen molar-refractivity contribution in [2.24, 2.45) is 0 Å². The first-order valence-electron chi connectivity index (χ1n) is 7.99. The molecule has 0 aliphatic rings. The van der Waals surface area contributed by atoms with Crippen LogP contribution in [0.2, 0.25) is 0 Å². The van der Waals surface area contributed by atoms with Crippen LogP contribution in [-0.4, -0.2) is 6.29 Å². The van der Waals surface area contributed by atoms with Crippen molar-refractivity contribution in [3.05, 3.63) is 96.6 Å². The van der Waals surface area contributed by atoms with Crippen LogP contribution in [0.15, 0.2) is 91.0 Å². The summed E-state index contributed by atoms with van der Waals surface area (Å²) in [6.45, 7) is 0. The quantitative estimate of drug-likeness (QED) is 0.271. The van der Waals surface area contributed by atoms with Gasteiger partial charge in [-0.15, -0.1) is 0 Å². The average molecular weight is 308 g/mol. The van der Waals surface area contributed by atoms with Crippen molar-refractivity contribution in [2.75, 3.05) is 0 Å². The number of hydrogen-bond donors (Lipinski definition) is 0. The van der Waals surface area contributed by atoms with Gasteiger partial charge in [-0.2, -0.15) is 0 Å². The molecule has 0 atom stereocenters. The van der Waals surface area contributed by atoms with Crippen LogP contribution in [0.4, 0.5) is 0 Å². The van der Waals surface area contributed by atoms with Crippen LogP contribution < -0.4 is 0 Å². The molecule has 5 aromatic rings. The van der Waals surface area contributed by atoms with E-state index in [1.165, 1.54) is 32.3 Å². The number of hydrogen-bond acceptors (Lipinski definition) is 1. The van der Waals surface area contributed by atoms with E-state index in [0.29, 0.717) is 0 Å². The summed E-state index contributed by atoms with van der Waals surface area (Å²) in [5.74, 6) is 0. The van der Waals surface area contributed by atoms with E-state index >= 15 is 0 Å². The lowest BCUT2D eigenvalue weighted by Crippen LogP contribution is -1.82. The molecule has 0 aromatic heterocycles. The van der Waals surface area contributed by atoms with E-state index in [1.54, 1.807) is 12.1 Å². The highest BCUT2D eigenvalue weighted by atomic mass is 16.1. The smallest absolute Gasteiger partial charge is 0.150 e. The minimum absolute atomic E-state index is 0.729. The van der Waals surface area contributed by atoms with Gasteiger partial charge in [0.1, 0.15) is 6.29 Å². The Labute approximate surface area is 140 Å². The zero-order valence-electron chi connectivity index (χ0n) is 13.1. The molecule has 1 nitrogen and oxygen atoms in total. The van der Waals surface area contributed by atoms with Crippen LogP contribution >= 0.6 is 0 Å². The number of carbonyl (C=O) groups excluding carboxylic acids is 1. The lowest BCUT2D eigenvalue weighted by atomic mass is 9.95. The van der Waals surface area contributed by atoms with Crippen LogP contribution in [-0.2, 0) is 0 Å². The van der Waals surface area contributed by atoms with Crippen molar-refractivity contribution < 1.29 is 4.79 Å². The topological polar surface area (TPSA) is 17.1 Å². The molecule has 0 radical (unpaired) electrons. The van der Waals surface area contributed by atoms with Crippen LogP contribution in [0.1, 0.15) is 10.4 Å². The van der Waals surface area contributed by atoms with Gasteiger partial charge >= 0.3 is 0 Å². The van der Waals surface area contributed by atoms with Crippen molar-refractivity contribution >= 4 is 38.6 Å². The molecule has 0 heterocycles. The van der Waals surface area contributed by atoms with E-state index < -0.39 is 0 Å². The van der Waals surface area contributed by atoms with Gasteiger partial charge in [-0.1, -0.05) is 91.0 Å². The first-order valence-corrected chi connectivity index (χ1v) is 7.99. The molecular formula is C23H16O. The Balaban J connectivity index is 0.000000155. The van der Waals surface area contributed by atoms with Crippen LogP contribution in [0.25, 0.3) is 32.3 Å². The number of benzene rings is 5. The Morgan fingerprint density at radius 2 is 0.875 bits per heavy atom. The van der Waals surface area contributed by atoms with Crippen molar-refractivity contribution in [1.82, 2.24) is 0 Å². The molecule has 5 rings (SSSR count). The second kappa shape index (κ2) is 6.13. The number of carbonyl (C=O) groups is 1. The summed E-state index contributed by atoms with van der Waals surface area (Å²) in [4.78, 5) is 10.0. The van der Waals surface area contributed by atoms with E-state index in [9.17, 15) is 4.79 Å². The van der Waals surface area contributed by atoms with E-state index in [1.807, 2.05) is 18.2 Å². The monoisotopic (exact) mass is 308 g/mol. The summed E-state index contributed by atoms with van der Waals surface area (Å²) in [6, 6.07) is 31.0. The molecule has 0 aliphatic heterocycles. The van der Waals surface area contributed by atoms with Crippen molar-refractivity contribution in [2.45, 2.75) is 0 Å². The second-order valence-electron chi connectivity index (χ2n) is 5.82. The molecule has 0 bridgehead atoms. The Hall–Kier alpha value is -3.19. The van der Waals surface area contributed by atoms with Crippen molar-refractivity contribution in [3.8, 4) is 0 Å². The Bertz CT molecular complexity index is 980. The Morgan fingerprint density at radius 1 is 0.458 bits per heavy atom. The number of aldehydes is 1. The third-order valence-electron chi connectivity index (χ3n) is 4.33. The highest BCUT2D eigenvalue weighted by molar-refractivity contribution is 6.22. The molecule has 5 aromatic carbocycles. The SMILES string of the molecule is O=Cc1ccccc1.c1cc2ccc3cccc4ccc(c1)c2c34. The molecule has 24 heavy (non-hydrogen) atoms. The largest absolute Gasteiger partial charge is 0.298 e. The summed E-state index contributed by atoms with van der Waals surface area (Å²) < 4.78 is 0. The first kappa shape index (κ1) is 14.4. The van der Waals surface area contributed by atoms with Crippen LogP contribution in [0.3, 0.4) is 0 Å². The summed E-state index contributed by atoms with van der Waals surface area (Å²) in [7, 11) is 0. The second-order valence-corrected chi connectivity index (χ2v) is 5.82. The molecule has 0 amide bonds. The van der Waals surface area contributed by atoms with E-state index in [2.05, 4.69) is 60.7 Å². The van der Waals surface area contributed by atoms with Crippen molar-refractivity contribution in [3.63, 3.8) is 0 Å². The maximum absolute atomic E-state index is 10.0. The van der Waals surface area contributed by atoms with Gasteiger partial charge in [0.05, 0.1) is 0 Å². The van der Waals surface area contributed by atoms with E-state index in [-0.39, 0.29) is 0 Å². The van der Waals surface area contributed by atoms with Gasteiger partial charge in [-0.05, 0) is 32.3 Å². The summed E-state index contributed by atoms with van der Waals surface area (Å²) in [5.41, 5.74) is 0.729. The highest BCUT2D eigenvalue weighted by Gasteiger charge is 2.05. The standard InChI is InChI=1S/C16H10.C7H6O/c1-3-11-7-9-13-5-2-6-14-10-8-12(4-1)15(11)16(13)14;8-6-7-4-2-1-3-5-7/h1-10H;1-6H. The molecule has 0 aliphatic carbocycles. The molecule has 114 valence electrons. The predicted octanol–water partition coefficient (Wildman–Crippen LogP) is 6.08. The lowest BCUT2D eigenvalue weighted by Gasteiger charge is -2.09. The first-order chi connectivity index (χ1) is 11.9. The lowest BCUT2D eigenvalue weighted by molar-refractivity contribution is 0.112. The van der Waals surface area contributed by atoms with E-state index in [0.717, 1.165) is 11.8 Å². The van der Waals surface area contributed by atoms with Crippen molar-refractivity contribution in [1.29, 1.82) is 0 Å². The van der Waals surface area contributed by atoms with Gasteiger partial charge in [-0.3, -0.25) is 4.79 Å². The minimum atomic E-state index is 0.729. The summed E-state index contributed by atoms with van der Waals surface area (Å²) in [5, 5.41) is 8.14. The Kier molecular flexibility index (Phi) is 3.68. The third-order valence-corrected chi connectivity index (χ3v) is 4.33. The van der Waals surface area contributed by atoms with Gasteiger partial charge in [0, 0.05) is 5.56 Å². The fourth-order valence-electron chi connectivity index (χ4n) is 3.20. The molecule has 1 heteroatoms. The summed E-state index contributed by atoms with van der Waals surface area (Å²) >= 11 is 0. The van der Waals surface area contributed by atoms with Crippen LogP contribution in [0.5, 0.6) is 0 Å². The highest BCUT2D eigenvalue weighted by Crippen LogP contribution is 2.33. The normalized spacial score (nSPS) is 10.7. The average Bonchev–Trinajstić information content (AvgIpc) is 2.67. The molecular weight excluding hydrogens is 292 g/mol. The summed E-state index contributed by atoms with van der Waals surface area (Å²) in [6.07, 6.45) is 0.833. The maximum atomic E-state index is 10.0. The zero-order valence-corrected chi connectivity index (χ0v) is 13.1. The van der Waals surface area contributed by atoms with Gasteiger partial charge in [0.2, 0.25) is 0 Å². The number of rotatable bonds is 1. The van der Waals surface area contributed by atoms with Gasteiger partial charge in [0.15, 0.2) is 0 Å². The van der Waals surface area contributed by atoms with E-state index in [4.69, 9.17) is 0 Å². The zero-order chi connectivity index (χ0) is 16.4. The molecule has 0 saturated heterocycles. The fraction of sp³-hybridized carbons (Fsp3) is 0. The fourth-order valence-corrected chi connectivity index (χ4v) is 3.20. The van der Waals surface area contributed by atoms with Gasteiger partial charge < -0.3 is 0 Å². The predicted molar refractivity (Wildman–Crippen MR) is 102 cm³/mol. The molecule has 0 saturated carbocycles. The molecule has 0 spiro atoms. The molecule has 0 fully saturated rings. The van der Waals surface area contributed by atoms with Gasteiger partial charge in [-0.25, -0.2) is 0 Å². The molecule has 0 unspecified atom stereocenters. The Morgan fingerprint density at radius 3 is 1.21 bits per heavy atom. The van der Waals surface area contributed by atoms with Crippen LogP contribution in [0, 0.1) is 0 Å². The maximum Gasteiger partial charge on any atom is 0.150 e.